The minimum atomic E-state index is -0.234. The van der Waals surface area contributed by atoms with Gasteiger partial charge in [-0.15, -0.1) is 0 Å². The molecule has 4 heteroatoms. The van der Waals surface area contributed by atoms with Crippen LogP contribution in [0.3, 0.4) is 0 Å². The molecule has 1 unspecified atom stereocenters. The number of aromatic hydroxyl groups is 1. The van der Waals surface area contributed by atoms with Gasteiger partial charge in [-0.05, 0) is 34.5 Å². The molecule has 76 valence electrons. The maximum absolute atomic E-state index is 11.7. The zero-order valence-corrected chi connectivity index (χ0v) is 10.8. The molecule has 0 fully saturated rings. The third kappa shape index (κ3) is 2.36. The molecule has 0 heterocycles. The Morgan fingerprint density at radius 1 is 1.57 bits per heavy atom. The number of carbonyl (C=O) groups excluding carboxylic acids is 1. The van der Waals surface area contributed by atoms with Crippen molar-refractivity contribution in [1.29, 1.82) is 0 Å². The van der Waals surface area contributed by atoms with Crippen molar-refractivity contribution in [1.82, 2.24) is 0 Å². The van der Waals surface area contributed by atoms with Gasteiger partial charge >= 0.3 is 0 Å². The zero-order valence-electron chi connectivity index (χ0n) is 7.63. The predicted octanol–water partition coefficient (Wildman–Crippen LogP) is 3.51. The van der Waals surface area contributed by atoms with Gasteiger partial charge in [0.25, 0.3) is 0 Å². The van der Waals surface area contributed by atoms with E-state index in [0.29, 0.717) is 16.5 Å². The third-order valence-corrected chi connectivity index (χ3v) is 3.60. The average molecular weight is 322 g/mol. The van der Waals surface area contributed by atoms with Crippen molar-refractivity contribution in [2.45, 2.75) is 18.2 Å². The van der Waals surface area contributed by atoms with E-state index in [-0.39, 0.29) is 16.4 Å². The second kappa shape index (κ2) is 4.94. The number of para-hydroxylation sites is 1. The Bertz CT molecular complexity index is 350. The third-order valence-electron chi connectivity index (χ3n) is 1.90. The fourth-order valence-corrected chi connectivity index (χ4v) is 1.68. The van der Waals surface area contributed by atoms with Gasteiger partial charge in [-0.1, -0.05) is 28.9 Å². The SMILES string of the molecule is CCC(Br)C(=O)c1cccc(Br)c1O. The molecule has 1 N–H and O–H groups in total. The van der Waals surface area contributed by atoms with Crippen molar-refractivity contribution >= 4 is 37.6 Å². The van der Waals surface area contributed by atoms with Crippen LogP contribution in [-0.2, 0) is 0 Å². The second-order valence-corrected chi connectivity index (χ2v) is 4.84. The van der Waals surface area contributed by atoms with Crippen LogP contribution >= 0.6 is 31.9 Å². The summed E-state index contributed by atoms with van der Waals surface area (Å²) >= 11 is 6.43. The highest BCUT2D eigenvalue weighted by Gasteiger charge is 2.19. The molecule has 0 amide bonds. The van der Waals surface area contributed by atoms with Gasteiger partial charge in [-0.2, -0.15) is 0 Å². The molecule has 1 rings (SSSR count). The number of phenolic OH excluding ortho intramolecular Hbond substituents is 1. The molecule has 14 heavy (non-hydrogen) atoms. The Morgan fingerprint density at radius 3 is 2.79 bits per heavy atom. The van der Waals surface area contributed by atoms with Gasteiger partial charge in [0.2, 0.25) is 0 Å². The maximum atomic E-state index is 11.7. The van der Waals surface area contributed by atoms with Crippen molar-refractivity contribution in [3.8, 4) is 5.75 Å². The highest BCUT2D eigenvalue weighted by molar-refractivity contribution is 9.10. The second-order valence-electron chi connectivity index (χ2n) is 2.88. The lowest BCUT2D eigenvalue weighted by Gasteiger charge is -2.08. The summed E-state index contributed by atoms with van der Waals surface area (Å²) in [6.45, 7) is 1.91. The van der Waals surface area contributed by atoms with Crippen LogP contribution in [0.1, 0.15) is 23.7 Å². The Kier molecular flexibility index (Phi) is 4.13. The lowest BCUT2D eigenvalue weighted by Crippen LogP contribution is -2.13. The number of benzene rings is 1. The van der Waals surface area contributed by atoms with Crippen LogP contribution in [0.4, 0.5) is 0 Å². The van der Waals surface area contributed by atoms with Crippen LogP contribution in [0.15, 0.2) is 22.7 Å². The standard InChI is InChI=1S/C10H10Br2O2/c1-2-7(11)9(13)6-4-3-5-8(12)10(6)14/h3-5,7,14H,2H2,1H3. The van der Waals surface area contributed by atoms with Crippen LogP contribution in [0.5, 0.6) is 5.75 Å². The minimum Gasteiger partial charge on any atom is -0.506 e. The summed E-state index contributed by atoms with van der Waals surface area (Å²) in [5, 5.41) is 9.62. The van der Waals surface area contributed by atoms with Crippen LogP contribution in [0.25, 0.3) is 0 Å². The number of rotatable bonds is 3. The average Bonchev–Trinajstić information content (AvgIpc) is 2.20. The Balaban J connectivity index is 3.07. The molecule has 0 saturated heterocycles. The molecule has 0 radical (unpaired) electrons. The summed E-state index contributed by atoms with van der Waals surface area (Å²) in [4.78, 5) is 11.5. The molecule has 0 saturated carbocycles. The fraction of sp³-hybridized carbons (Fsp3) is 0.300. The van der Waals surface area contributed by atoms with E-state index in [9.17, 15) is 9.90 Å². The number of alkyl halides is 1. The van der Waals surface area contributed by atoms with E-state index < -0.39 is 0 Å². The van der Waals surface area contributed by atoms with E-state index in [4.69, 9.17) is 0 Å². The van der Waals surface area contributed by atoms with Gasteiger partial charge in [0.15, 0.2) is 5.78 Å². The van der Waals surface area contributed by atoms with Crippen LogP contribution in [-0.4, -0.2) is 15.7 Å². The van der Waals surface area contributed by atoms with E-state index in [1.54, 1.807) is 18.2 Å². The molecule has 0 bridgehead atoms. The molecule has 1 aromatic rings. The molecule has 0 aliphatic heterocycles. The van der Waals surface area contributed by atoms with Gasteiger partial charge < -0.3 is 5.11 Å². The Hall–Kier alpha value is -0.350. The number of halogens is 2. The van der Waals surface area contributed by atoms with Gasteiger partial charge in [0.05, 0.1) is 14.9 Å². The minimum absolute atomic E-state index is 0.00963. The van der Waals surface area contributed by atoms with Crippen molar-refractivity contribution in [3.05, 3.63) is 28.2 Å². The van der Waals surface area contributed by atoms with Gasteiger partial charge in [-0.3, -0.25) is 4.79 Å². The van der Waals surface area contributed by atoms with Crippen molar-refractivity contribution < 1.29 is 9.90 Å². The summed E-state index contributed by atoms with van der Waals surface area (Å²) in [7, 11) is 0. The first kappa shape index (κ1) is 11.7. The van der Waals surface area contributed by atoms with E-state index in [0.717, 1.165) is 0 Å². The summed E-state index contributed by atoms with van der Waals surface area (Å²) in [5.41, 5.74) is 0.350. The van der Waals surface area contributed by atoms with Crippen LogP contribution in [0, 0.1) is 0 Å². The molecular weight excluding hydrogens is 312 g/mol. The first-order chi connectivity index (χ1) is 6.57. The van der Waals surface area contributed by atoms with Crippen molar-refractivity contribution in [2.75, 3.05) is 0 Å². The first-order valence-corrected chi connectivity index (χ1v) is 5.94. The molecular formula is C10H10Br2O2. The fourth-order valence-electron chi connectivity index (χ4n) is 1.07. The summed E-state index contributed by atoms with van der Waals surface area (Å²) < 4.78 is 0.541. The smallest absolute Gasteiger partial charge is 0.180 e. The first-order valence-electron chi connectivity index (χ1n) is 4.23. The molecule has 0 spiro atoms. The molecule has 2 nitrogen and oxygen atoms in total. The largest absolute Gasteiger partial charge is 0.506 e. The number of ketones is 1. The van der Waals surface area contributed by atoms with E-state index in [1.165, 1.54) is 0 Å². The summed E-state index contributed by atoms with van der Waals surface area (Å²) in [6.07, 6.45) is 0.699. The number of carbonyl (C=O) groups is 1. The van der Waals surface area contributed by atoms with E-state index in [2.05, 4.69) is 31.9 Å². The quantitative estimate of drug-likeness (QED) is 0.683. The topological polar surface area (TPSA) is 37.3 Å². The van der Waals surface area contributed by atoms with Gasteiger partial charge in [-0.25, -0.2) is 0 Å². The van der Waals surface area contributed by atoms with E-state index >= 15 is 0 Å². The lowest BCUT2D eigenvalue weighted by atomic mass is 10.1. The normalized spacial score (nSPS) is 12.5. The zero-order chi connectivity index (χ0) is 10.7. The summed E-state index contributed by atoms with van der Waals surface area (Å²) in [5.74, 6) is -0.0818. The van der Waals surface area contributed by atoms with Crippen molar-refractivity contribution in [3.63, 3.8) is 0 Å². The lowest BCUT2D eigenvalue weighted by molar-refractivity contribution is 0.0987. The van der Waals surface area contributed by atoms with Gasteiger partial charge in [0, 0.05) is 0 Å². The molecule has 0 aliphatic rings. The number of hydrogen-bond acceptors (Lipinski definition) is 2. The highest BCUT2D eigenvalue weighted by Crippen LogP contribution is 2.29. The number of Topliss-reactive ketones (excluding diaryl/α,β-unsaturated/α-hetero) is 1. The maximum Gasteiger partial charge on any atom is 0.180 e. The van der Waals surface area contributed by atoms with Crippen LogP contribution in [0.2, 0.25) is 0 Å². The highest BCUT2D eigenvalue weighted by atomic mass is 79.9. The monoisotopic (exact) mass is 320 g/mol. The molecule has 1 aromatic carbocycles. The Labute approximate surface area is 99.6 Å². The van der Waals surface area contributed by atoms with Gasteiger partial charge in [0.1, 0.15) is 5.75 Å². The van der Waals surface area contributed by atoms with Crippen LogP contribution < -0.4 is 0 Å². The van der Waals surface area contributed by atoms with Crippen molar-refractivity contribution in [2.24, 2.45) is 0 Å². The van der Waals surface area contributed by atoms with E-state index in [1.807, 2.05) is 6.92 Å². The number of phenols is 1. The molecule has 1 atom stereocenters. The predicted molar refractivity (Wildman–Crippen MR) is 63.1 cm³/mol. The Morgan fingerprint density at radius 2 is 2.21 bits per heavy atom. The molecule has 0 aliphatic carbocycles. The molecule has 0 aromatic heterocycles. The summed E-state index contributed by atoms with van der Waals surface area (Å²) in [6, 6.07) is 5.04. The number of hydrogen-bond donors (Lipinski definition) is 1.